The summed E-state index contributed by atoms with van der Waals surface area (Å²) in [6.07, 6.45) is 2.66. The van der Waals surface area contributed by atoms with Gasteiger partial charge in [-0.1, -0.05) is 0 Å². The molecule has 0 saturated carbocycles. The van der Waals surface area contributed by atoms with Gasteiger partial charge in [0.25, 0.3) is 0 Å². The van der Waals surface area contributed by atoms with E-state index in [1.807, 2.05) is 16.0 Å². The normalized spacial score (nSPS) is 11.3. The number of thiazole rings is 1. The number of hydrogen-bond acceptors (Lipinski definition) is 5. The predicted molar refractivity (Wildman–Crippen MR) is 61.4 cm³/mol. The highest BCUT2D eigenvalue weighted by Gasteiger charge is 2.11. The summed E-state index contributed by atoms with van der Waals surface area (Å²) in [5.74, 6) is 0.828. The van der Waals surface area contributed by atoms with E-state index in [1.54, 1.807) is 23.1 Å². The summed E-state index contributed by atoms with van der Waals surface area (Å²) in [6.45, 7) is 0.197. The Hall–Kier alpha value is -0.560. The van der Waals surface area contributed by atoms with Crippen molar-refractivity contribution in [2.75, 3.05) is 12.4 Å². The van der Waals surface area contributed by atoms with Crippen molar-refractivity contribution in [3.8, 4) is 0 Å². The lowest BCUT2D eigenvalue weighted by Gasteiger charge is -1.99. The second kappa shape index (κ2) is 4.98. The molecule has 0 aromatic carbocycles. The van der Waals surface area contributed by atoms with Crippen molar-refractivity contribution in [3.63, 3.8) is 0 Å². The van der Waals surface area contributed by atoms with Crippen molar-refractivity contribution in [2.45, 2.75) is 18.1 Å². The Kier molecular flexibility index (Phi) is 3.63. The molecule has 0 aliphatic carbocycles. The van der Waals surface area contributed by atoms with Gasteiger partial charge in [0, 0.05) is 23.9 Å². The van der Waals surface area contributed by atoms with Gasteiger partial charge in [0.2, 0.25) is 0 Å². The van der Waals surface area contributed by atoms with Gasteiger partial charge in [-0.15, -0.1) is 23.1 Å². The predicted octanol–water partition coefficient (Wildman–Crippen LogP) is 1.36. The van der Waals surface area contributed by atoms with Crippen LogP contribution in [0.2, 0.25) is 0 Å². The van der Waals surface area contributed by atoms with Crippen LogP contribution in [-0.4, -0.2) is 32.0 Å². The maximum atomic E-state index is 9.26. The Balaban J connectivity index is 2.21. The number of fused-ring (bicyclic) bond motifs is 1. The second-order valence-corrected chi connectivity index (χ2v) is 4.96. The third-order valence-corrected chi connectivity index (χ3v) is 3.87. The molecule has 0 fully saturated rings. The van der Waals surface area contributed by atoms with Gasteiger partial charge < -0.3 is 10.2 Å². The standard InChI is InChI=1S/C9H12N2O2S2/c12-3-1-4-14-8-7(6-13)11-2-5-15-9(11)10-8/h2,5,12-13H,1,3-4,6H2. The number of aliphatic hydroxyl groups excluding tert-OH is 2. The molecule has 82 valence electrons. The Morgan fingerprint density at radius 3 is 3.07 bits per heavy atom. The number of imidazole rings is 1. The lowest BCUT2D eigenvalue weighted by molar-refractivity contribution is 0.272. The molecule has 15 heavy (non-hydrogen) atoms. The minimum atomic E-state index is -0.000637. The van der Waals surface area contributed by atoms with Crippen LogP contribution in [0.4, 0.5) is 0 Å². The van der Waals surface area contributed by atoms with Crippen LogP contribution in [0, 0.1) is 0 Å². The van der Waals surface area contributed by atoms with Gasteiger partial charge in [-0.05, 0) is 6.42 Å². The first kappa shape index (κ1) is 10.9. The van der Waals surface area contributed by atoms with E-state index in [-0.39, 0.29) is 13.2 Å². The van der Waals surface area contributed by atoms with Gasteiger partial charge in [-0.2, -0.15) is 0 Å². The first-order valence-electron chi connectivity index (χ1n) is 4.65. The molecule has 0 saturated heterocycles. The van der Waals surface area contributed by atoms with Gasteiger partial charge in [0.1, 0.15) is 5.03 Å². The van der Waals surface area contributed by atoms with E-state index in [0.29, 0.717) is 0 Å². The molecular formula is C9H12N2O2S2. The zero-order chi connectivity index (χ0) is 10.7. The molecule has 2 aromatic rings. The highest BCUT2D eigenvalue weighted by atomic mass is 32.2. The molecule has 0 atom stereocenters. The maximum Gasteiger partial charge on any atom is 0.195 e. The molecule has 0 aliphatic rings. The number of thioether (sulfide) groups is 1. The lowest BCUT2D eigenvalue weighted by Crippen LogP contribution is -1.92. The minimum absolute atomic E-state index is 0.000637. The monoisotopic (exact) mass is 244 g/mol. The van der Waals surface area contributed by atoms with Crippen LogP contribution in [0.25, 0.3) is 4.96 Å². The Morgan fingerprint density at radius 2 is 2.33 bits per heavy atom. The van der Waals surface area contributed by atoms with Gasteiger partial charge in [0.05, 0.1) is 12.3 Å². The third kappa shape index (κ3) is 2.17. The van der Waals surface area contributed by atoms with Crippen LogP contribution in [0.1, 0.15) is 12.1 Å². The number of rotatable bonds is 5. The number of aromatic nitrogens is 2. The van der Waals surface area contributed by atoms with E-state index in [2.05, 4.69) is 4.98 Å². The quantitative estimate of drug-likeness (QED) is 0.616. The first-order valence-corrected chi connectivity index (χ1v) is 6.52. The van der Waals surface area contributed by atoms with Gasteiger partial charge in [0.15, 0.2) is 4.96 Å². The molecule has 6 heteroatoms. The fourth-order valence-electron chi connectivity index (χ4n) is 1.31. The molecule has 0 bridgehead atoms. The van der Waals surface area contributed by atoms with Crippen molar-refractivity contribution in [2.24, 2.45) is 0 Å². The van der Waals surface area contributed by atoms with Gasteiger partial charge >= 0.3 is 0 Å². The molecule has 2 N–H and O–H groups in total. The number of nitrogens with zero attached hydrogens (tertiary/aromatic N) is 2. The zero-order valence-electron chi connectivity index (χ0n) is 8.09. The van der Waals surface area contributed by atoms with E-state index in [9.17, 15) is 5.11 Å². The molecule has 4 nitrogen and oxygen atoms in total. The minimum Gasteiger partial charge on any atom is -0.396 e. The fourth-order valence-corrected chi connectivity index (χ4v) is 3.04. The van der Waals surface area contributed by atoms with Crippen molar-refractivity contribution in [1.29, 1.82) is 0 Å². The van der Waals surface area contributed by atoms with Crippen LogP contribution in [0.3, 0.4) is 0 Å². The Labute approximate surface area is 95.6 Å². The first-order chi connectivity index (χ1) is 7.36. The molecular weight excluding hydrogens is 232 g/mol. The van der Waals surface area contributed by atoms with Crippen LogP contribution in [-0.2, 0) is 6.61 Å². The van der Waals surface area contributed by atoms with E-state index < -0.39 is 0 Å². The molecule has 0 amide bonds. The van der Waals surface area contributed by atoms with E-state index in [4.69, 9.17) is 5.11 Å². The lowest BCUT2D eigenvalue weighted by atomic mass is 10.5. The van der Waals surface area contributed by atoms with Crippen molar-refractivity contribution in [3.05, 3.63) is 17.3 Å². The summed E-state index contributed by atoms with van der Waals surface area (Å²) >= 11 is 3.14. The van der Waals surface area contributed by atoms with Crippen LogP contribution < -0.4 is 0 Å². The van der Waals surface area contributed by atoms with Crippen molar-refractivity contribution >= 4 is 28.1 Å². The number of hydrogen-bond donors (Lipinski definition) is 2. The topological polar surface area (TPSA) is 57.8 Å². The SMILES string of the molecule is OCCCSc1nc2sccn2c1CO. The third-order valence-electron chi connectivity index (χ3n) is 2.02. The largest absolute Gasteiger partial charge is 0.396 e. The van der Waals surface area contributed by atoms with Crippen LogP contribution in [0.5, 0.6) is 0 Å². The fraction of sp³-hybridized carbons (Fsp3) is 0.444. The Morgan fingerprint density at radius 1 is 1.47 bits per heavy atom. The van der Waals surface area contributed by atoms with Crippen LogP contribution in [0.15, 0.2) is 16.6 Å². The molecule has 2 rings (SSSR count). The molecule has 2 heterocycles. The van der Waals surface area contributed by atoms with Crippen molar-refractivity contribution in [1.82, 2.24) is 9.38 Å². The summed E-state index contributed by atoms with van der Waals surface area (Å²) < 4.78 is 1.91. The zero-order valence-corrected chi connectivity index (χ0v) is 9.72. The van der Waals surface area contributed by atoms with Crippen LogP contribution >= 0.6 is 23.1 Å². The highest BCUT2D eigenvalue weighted by molar-refractivity contribution is 7.99. The summed E-state index contributed by atoms with van der Waals surface area (Å²) in [6, 6.07) is 0. The average molecular weight is 244 g/mol. The van der Waals surface area contributed by atoms with E-state index in [0.717, 1.165) is 27.9 Å². The second-order valence-electron chi connectivity index (χ2n) is 3.00. The Bertz CT molecular complexity index is 438. The number of aliphatic hydroxyl groups is 2. The van der Waals surface area contributed by atoms with Gasteiger partial charge in [-0.25, -0.2) is 4.98 Å². The summed E-state index contributed by atoms with van der Waals surface area (Å²) in [7, 11) is 0. The average Bonchev–Trinajstić information content (AvgIpc) is 2.77. The van der Waals surface area contributed by atoms with Crippen molar-refractivity contribution < 1.29 is 10.2 Å². The summed E-state index contributed by atoms with van der Waals surface area (Å²) in [5.41, 5.74) is 0.842. The molecule has 0 spiro atoms. The molecule has 0 radical (unpaired) electrons. The maximum absolute atomic E-state index is 9.26. The molecule has 2 aromatic heterocycles. The molecule has 0 aliphatic heterocycles. The summed E-state index contributed by atoms with van der Waals surface area (Å²) in [4.78, 5) is 5.33. The van der Waals surface area contributed by atoms with Gasteiger partial charge in [-0.3, -0.25) is 4.40 Å². The van der Waals surface area contributed by atoms with E-state index in [1.165, 1.54) is 0 Å². The van der Waals surface area contributed by atoms with E-state index >= 15 is 0 Å². The highest BCUT2D eigenvalue weighted by Crippen LogP contribution is 2.26. The summed E-state index contributed by atoms with van der Waals surface area (Å²) in [5, 5.41) is 20.8. The molecule has 0 unspecified atom stereocenters. The smallest absolute Gasteiger partial charge is 0.195 e.